The molecule has 12 nitrogen and oxygen atoms in total. The lowest BCUT2D eigenvalue weighted by Gasteiger charge is -2.37. The number of aromatic nitrogens is 3. The van der Waals surface area contributed by atoms with E-state index >= 15 is 4.39 Å². The minimum Gasteiger partial charge on any atom is -0.490 e. The highest BCUT2D eigenvalue weighted by atomic mass is 32.2. The summed E-state index contributed by atoms with van der Waals surface area (Å²) in [5, 5.41) is 12.0. The molecule has 2 aliphatic rings. The third-order valence-corrected chi connectivity index (χ3v) is 10.4. The molecule has 2 aliphatic heterocycles. The summed E-state index contributed by atoms with van der Waals surface area (Å²) in [6, 6.07) is 21.0. The van der Waals surface area contributed by atoms with Crippen molar-refractivity contribution >= 4 is 33.0 Å². The molecule has 2 saturated heterocycles. The number of sulfonamides is 1. The highest BCUT2D eigenvalue weighted by Gasteiger charge is 2.44. The molecule has 1 aromatic heterocycles. The highest BCUT2D eigenvalue weighted by molar-refractivity contribution is 7.89. The second kappa shape index (κ2) is 14.9. The van der Waals surface area contributed by atoms with Crippen molar-refractivity contribution in [1.29, 1.82) is 0 Å². The number of nitrogens with zero attached hydrogens (tertiary/aromatic N) is 5. The maximum atomic E-state index is 15.3. The van der Waals surface area contributed by atoms with Crippen LogP contribution in [0.1, 0.15) is 22.3 Å². The van der Waals surface area contributed by atoms with E-state index in [0.717, 1.165) is 17.4 Å². The fourth-order valence-corrected chi connectivity index (χ4v) is 7.29. The molecule has 3 N–H and O–H groups in total. The second-order valence-corrected chi connectivity index (χ2v) is 14.6. The van der Waals surface area contributed by atoms with Crippen LogP contribution in [0.25, 0.3) is 0 Å². The Hall–Kier alpha value is -5.45. The molecule has 0 aliphatic carbocycles. The molecule has 0 saturated carbocycles. The molecule has 7 rings (SSSR count). The smallest absolute Gasteiger partial charge is 0.255 e. The molecule has 276 valence electrons. The van der Waals surface area contributed by atoms with Gasteiger partial charge in [-0.15, -0.1) is 0 Å². The summed E-state index contributed by atoms with van der Waals surface area (Å²) in [7, 11) is -3.83. The van der Waals surface area contributed by atoms with Gasteiger partial charge >= 0.3 is 0 Å². The molecule has 2 atom stereocenters. The number of carbonyl (C=O) groups excluding carboxylic acids is 1. The van der Waals surface area contributed by atoms with Gasteiger partial charge in [0.1, 0.15) is 29.9 Å². The van der Waals surface area contributed by atoms with E-state index in [4.69, 9.17) is 14.6 Å². The molecule has 0 bridgehead atoms. The molecule has 0 radical (unpaired) electrons. The highest BCUT2D eigenvalue weighted by Crippen LogP contribution is 2.42. The van der Waals surface area contributed by atoms with Crippen LogP contribution in [-0.4, -0.2) is 68.5 Å². The van der Waals surface area contributed by atoms with Crippen molar-refractivity contribution < 1.29 is 35.9 Å². The number of nitrogens with one attached hydrogen (secondary N) is 1. The summed E-state index contributed by atoms with van der Waals surface area (Å²) in [6.45, 7) is 3.15. The fraction of sp³-hybridized carbons (Fsp3) is 0.270. The van der Waals surface area contributed by atoms with Gasteiger partial charge in [0, 0.05) is 72.4 Å². The Morgan fingerprint density at radius 1 is 0.906 bits per heavy atom. The molecule has 2 fully saturated rings. The van der Waals surface area contributed by atoms with Crippen LogP contribution in [0.3, 0.4) is 0 Å². The van der Waals surface area contributed by atoms with Gasteiger partial charge in [0.25, 0.3) is 5.91 Å². The van der Waals surface area contributed by atoms with Crippen LogP contribution in [-0.2, 0) is 26.9 Å². The molecular weight excluding hydrogens is 712 g/mol. The number of ether oxygens (including phenoxy) is 2. The van der Waals surface area contributed by atoms with E-state index in [2.05, 4.69) is 25.2 Å². The molecule has 4 aromatic carbocycles. The third kappa shape index (κ3) is 8.14. The van der Waals surface area contributed by atoms with Crippen LogP contribution in [0.15, 0.2) is 102 Å². The van der Waals surface area contributed by atoms with Crippen LogP contribution in [0.5, 0.6) is 5.75 Å². The number of hydrogen-bond donors (Lipinski definition) is 2. The lowest BCUT2D eigenvalue weighted by Crippen LogP contribution is -2.46. The van der Waals surface area contributed by atoms with Crippen molar-refractivity contribution in [3.8, 4) is 5.75 Å². The third-order valence-electron chi connectivity index (χ3n) is 9.49. The Bertz CT molecular complexity index is 2180. The van der Waals surface area contributed by atoms with Gasteiger partial charge in [-0.25, -0.2) is 36.4 Å². The molecular formula is C37H36F3N7O5S. The van der Waals surface area contributed by atoms with Crippen molar-refractivity contribution in [1.82, 2.24) is 14.8 Å². The predicted octanol–water partition coefficient (Wildman–Crippen LogP) is 4.93. The van der Waals surface area contributed by atoms with Crippen molar-refractivity contribution in [3.63, 3.8) is 0 Å². The van der Waals surface area contributed by atoms with Crippen molar-refractivity contribution in [3.05, 3.63) is 126 Å². The molecule has 3 heterocycles. The minimum atomic E-state index is -3.83. The predicted molar refractivity (Wildman–Crippen MR) is 191 cm³/mol. The van der Waals surface area contributed by atoms with Crippen LogP contribution < -0.4 is 25.0 Å². The van der Waals surface area contributed by atoms with E-state index in [9.17, 15) is 22.0 Å². The van der Waals surface area contributed by atoms with Gasteiger partial charge < -0.3 is 24.6 Å². The zero-order valence-corrected chi connectivity index (χ0v) is 29.2. The number of carbonyl (C=O) groups is 1. The number of piperazine rings is 1. The lowest BCUT2D eigenvalue weighted by molar-refractivity contribution is -0.0206. The van der Waals surface area contributed by atoms with Gasteiger partial charge in [-0.3, -0.25) is 4.79 Å². The molecule has 5 aromatic rings. The number of primary sulfonamides is 1. The number of hydrogen-bond acceptors (Lipinski definition) is 9. The summed E-state index contributed by atoms with van der Waals surface area (Å²) in [6.07, 6.45) is 3.21. The number of rotatable bonds is 11. The van der Waals surface area contributed by atoms with Crippen LogP contribution in [0.4, 0.5) is 30.2 Å². The fourth-order valence-electron chi connectivity index (χ4n) is 6.78. The number of halogens is 3. The first-order valence-corrected chi connectivity index (χ1v) is 18.4. The second-order valence-electron chi connectivity index (χ2n) is 13.1. The first-order valence-electron chi connectivity index (χ1n) is 16.8. The van der Waals surface area contributed by atoms with Crippen LogP contribution in [0, 0.1) is 23.4 Å². The normalized spacial score (nSPS) is 19.0. The quantitative estimate of drug-likeness (QED) is 0.192. The summed E-state index contributed by atoms with van der Waals surface area (Å²) in [4.78, 5) is 20.9. The summed E-state index contributed by atoms with van der Waals surface area (Å²) in [5.74, 6) is -2.35. The SMILES string of the molecule is NS(=O)(=O)c1ccc(NC(=O)c2ccc(N3CCN(c4ccc(OC[C@H]5CO[C@@](Cn6cncn6)(c6ccc(F)cc6F)C5)c(F)c4)CC3)cc2)cc1. The average Bonchev–Trinajstić information content (AvgIpc) is 3.81. The number of benzene rings is 4. The number of amides is 1. The van der Waals surface area contributed by atoms with E-state index in [1.54, 1.807) is 18.2 Å². The number of nitrogens with two attached hydrogens (primary N) is 1. The van der Waals surface area contributed by atoms with Crippen molar-refractivity contribution in [2.45, 2.75) is 23.5 Å². The molecule has 16 heteroatoms. The molecule has 53 heavy (non-hydrogen) atoms. The van der Waals surface area contributed by atoms with Gasteiger partial charge in [-0.1, -0.05) is 6.07 Å². The summed E-state index contributed by atoms with van der Waals surface area (Å²) in [5.41, 5.74) is 1.62. The summed E-state index contributed by atoms with van der Waals surface area (Å²) < 4.78 is 80.5. The zero-order valence-electron chi connectivity index (χ0n) is 28.4. The Morgan fingerprint density at radius 2 is 1.60 bits per heavy atom. The van der Waals surface area contributed by atoms with Crippen LogP contribution >= 0.6 is 0 Å². The van der Waals surface area contributed by atoms with Crippen molar-refractivity contribution in [2.24, 2.45) is 11.1 Å². The van der Waals surface area contributed by atoms with E-state index in [-0.39, 0.29) is 47.8 Å². The Morgan fingerprint density at radius 3 is 2.25 bits per heavy atom. The lowest BCUT2D eigenvalue weighted by atomic mass is 9.87. The van der Waals surface area contributed by atoms with Crippen molar-refractivity contribution in [2.75, 3.05) is 54.5 Å². The van der Waals surface area contributed by atoms with Gasteiger partial charge in [-0.05, 0) is 73.2 Å². The van der Waals surface area contributed by atoms with E-state index in [1.807, 2.05) is 18.2 Å². The topological polar surface area (TPSA) is 145 Å². The Labute approximate surface area is 304 Å². The van der Waals surface area contributed by atoms with E-state index < -0.39 is 33.1 Å². The zero-order chi connectivity index (χ0) is 37.2. The largest absolute Gasteiger partial charge is 0.490 e. The van der Waals surface area contributed by atoms with Gasteiger partial charge in [-0.2, -0.15) is 5.10 Å². The maximum Gasteiger partial charge on any atom is 0.255 e. The Balaban J connectivity index is 0.916. The molecule has 1 amide bonds. The van der Waals surface area contributed by atoms with Gasteiger partial charge in [0.05, 0.1) is 24.7 Å². The average molecular weight is 748 g/mol. The first-order chi connectivity index (χ1) is 25.5. The standard InChI is InChI=1S/C37H36F3N7O5S/c38-27-3-11-32(33(39)17-27)37(22-47-24-42-23-43-47)19-25(21-52-37)20-51-35-12-8-30(18-34(35)40)46-15-13-45(14-16-46)29-6-1-26(2-7-29)36(48)44-28-4-9-31(10-5-28)53(41,49)50/h1-12,17-18,23-25H,13-16,19-22H2,(H,44,48)(H2,41,49,50)/t25-,37-/m0/s1. The van der Waals surface area contributed by atoms with Gasteiger partial charge in [0.2, 0.25) is 10.0 Å². The molecule has 0 spiro atoms. The first kappa shape index (κ1) is 35.9. The summed E-state index contributed by atoms with van der Waals surface area (Å²) >= 11 is 0. The van der Waals surface area contributed by atoms with Gasteiger partial charge in [0.15, 0.2) is 11.6 Å². The van der Waals surface area contributed by atoms with E-state index in [1.165, 1.54) is 59.8 Å². The van der Waals surface area contributed by atoms with Crippen LogP contribution in [0.2, 0.25) is 0 Å². The minimum absolute atomic E-state index is 0.0452. The molecule has 0 unspecified atom stereocenters. The Kier molecular flexibility index (Phi) is 10.1. The monoisotopic (exact) mass is 747 g/mol. The number of anilines is 3. The van der Waals surface area contributed by atoms with E-state index in [0.29, 0.717) is 43.9 Å². The maximum absolute atomic E-state index is 15.3.